The molecule has 0 amide bonds. The molecule has 66 valence electrons. The fraction of sp³-hybridized carbons (Fsp3) is 0.100. The Labute approximate surface area is 76.6 Å². The largest absolute Gasteiger partial charge is 0.345 e. The molecule has 2 rings (SSSR count). The molecule has 1 heterocycles. The highest BCUT2D eigenvalue weighted by atomic mass is 14.9. The van der Waals surface area contributed by atoms with Gasteiger partial charge in [0.2, 0.25) is 0 Å². The Morgan fingerprint density at radius 3 is 2.54 bits per heavy atom. The van der Waals surface area contributed by atoms with E-state index in [0.717, 1.165) is 16.8 Å². The summed E-state index contributed by atoms with van der Waals surface area (Å²) in [6.45, 7) is 0.587. The first-order valence-electron chi connectivity index (χ1n) is 4.18. The lowest BCUT2D eigenvalue weighted by Crippen LogP contribution is -1.95. The van der Waals surface area contributed by atoms with E-state index in [1.807, 2.05) is 24.3 Å². The van der Waals surface area contributed by atoms with Gasteiger partial charge in [-0.2, -0.15) is 0 Å². The van der Waals surface area contributed by atoms with Crippen LogP contribution in [-0.4, -0.2) is 9.97 Å². The predicted octanol–water partition coefficient (Wildman–Crippen LogP) is 1.54. The zero-order chi connectivity index (χ0) is 9.10. The van der Waals surface area contributed by atoms with Gasteiger partial charge in [0.15, 0.2) is 0 Å². The summed E-state index contributed by atoms with van der Waals surface area (Å²) < 4.78 is 0. The summed E-state index contributed by atoms with van der Waals surface area (Å²) in [6.07, 6.45) is 3.48. The molecule has 0 saturated carbocycles. The molecule has 1 aromatic carbocycles. The van der Waals surface area contributed by atoms with Gasteiger partial charge in [-0.25, -0.2) is 4.98 Å². The second-order valence-corrected chi connectivity index (χ2v) is 2.87. The highest BCUT2D eigenvalue weighted by Gasteiger charge is 1.97. The van der Waals surface area contributed by atoms with Gasteiger partial charge >= 0.3 is 0 Å². The smallest absolute Gasteiger partial charge is 0.0924 e. The summed E-state index contributed by atoms with van der Waals surface area (Å²) in [5.41, 5.74) is 8.81. The van der Waals surface area contributed by atoms with Crippen molar-refractivity contribution in [1.82, 2.24) is 9.97 Å². The molecule has 3 heteroatoms. The maximum atomic E-state index is 5.50. The molecule has 0 unspecified atom stereocenters. The quantitative estimate of drug-likeness (QED) is 0.723. The van der Waals surface area contributed by atoms with Crippen molar-refractivity contribution in [2.45, 2.75) is 6.54 Å². The summed E-state index contributed by atoms with van der Waals surface area (Å²) in [4.78, 5) is 7.01. The van der Waals surface area contributed by atoms with Crippen LogP contribution in [0.2, 0.25) is 0 Å². The van der Waals surface area contributed by atoms with Crippen molar-refractivity contribution in [2.75, 3.05) is 0 Å². The van der Waals surface area contributed by atoms with Gasteiger partial charge in [-0.1, -0.05) is 24.3 Å². The maximum absolute atomic E-state index is 5.50. The van der Waals surface area contributed by atoms with Gasteiger partial charge in [-0.3, -0.25) is 0 Å². The van der Waals surface area contributed by atoms with Crippen molar-refractivity contribution >= 4 is 0 Å². The highest BCUT2D eigenvalue weighted by Crippen LogP contribution is 2.15. The van der Waals surface area contributed by atoms with Crippen LogP contribution in [0.25, 0.3) is 11.3 Å². The van der Waals surface area contributed by atoms with E-state index in [1.165, 1.54) is 0 Å². The van der Waals surface area contributed by atoms with E-state index in [-0.39, 0.29) is 0 Å². The van der Waals surface area contributed by atoms with Crippen LogP contribution in [0, 0.1) is 0 Å². The molecule has 0 aliphatic rings. The fourth-order valence-electron chi connectivity index (χ4n) is 1.23. The Balaban J connectivity index is 2.33. The van der Waals surface area contributed by atoms with Crippen molar-refractivity contribution in [3.63, 3.8) is 0 Å². The van der Waals surface area contributed by atoms with Gasteiger partial charge in [0.1, 0.15) is 0 Å². The van der Waals surface area contributed by atoms with Crippen LogP contribution in [0.3, 0.4) is 0 Å². The fourth-order valence-corrected chi connectivity index (χ4v) is 1.23. The number of aromatic nitrogens is 2. The summed E-state index contributed by atoms with van der Waals surface area (Å²) in [7, 11) is 0. The Kier molecular flexibility index (Phi) is 2.10. The lowest BCUT2D eigenvalue weighted by molar-refractivity contribution is 1.07. The third kappa shape index (κ3) is 1.60. The van der Waals surface area contributed by atoms with E-state index in [1.54, 1.807) is 12.5 Å². The van der Waals surface area contributed by atoms with Crippen molar-refractivity contribution in [1.29, 1.82) is 0 Å². The number of hydrogen-bond donors (Lipinski definition) is 2. The minimum atomic E-state index is 0.587. The average molecular weight is 173 g/mol. The first-order chi connectivity index (χ1) is 6.40. The number of nitrogens with zero attached hydrogens (tertiary/aromatic N) is 1. The number of hydrogen-bond acceptors (Lipinski definition) is 2. The van der Waals surface area contributed by atoms with Crippen LogP contribution in [0.1, 0.15) is 5.56 Å². The average Bonchev–Trinajstić information content (AvgIpc) is 2.71. The second-order valence-electron chi connectivity index (χ2n) is 2.87. The minimum Gasteiger partial charge on any atom is -0.345 e. The van der Waals surface area contributed by atoms with Crippen LogP contribution in [-0.2, 0) is 6.54 Å². The third-order valence-corrected chi connectivity index (χ3v) is 2.00. The van der Waals surface area contributed by atoms with Gasteiger partial charge in [0, 0.05) is 6.54 Å². The molecule has 3 nitrogen and oxygen atoms in total. The molecule has 2 aromatic rings. The molecule has 0 aliphatic carbocycles. The van der Waals surface area contributed by atoms with Crippen molar-refractivity contribution in [3.05, 3.63) is 42.4 Å². The molecule has 13 heavy (non-hydrogen) atoms. The normalized spacial score (nSPS) is 10.2. The molecule has 0 radical (unpaired) electrons. The molecule has 3 N–H and O–H groups in total. The summed E-state index contributed by atoms with van der Waals surface area (Å²) in [6, 6.07) is 8.12. The number of imidazole rings is 1. The van der Waals surface area contributed by atoms with Gasteiger partial charge in [0.05, 0.1) is 18.2 Å². The minimum absolute atomic E-state index is 0.587. The topological polar surface area (TPSA) is 54.7 Å². The van der Waals surface area contributed by atoms with Gasteiger partial charge < -0.3 is 10.7 Å². The monoisotopic (exact) mass is 173 g/mol. The molecule has 0 atom stereocenters. The van der Waals surface area contributed by atoms with E-state index in [2.05, 4.69) is 9.97 Å². The molecule has 0 aliphatic heterocycles. The van der Waals surface area contributed by atoms with E-state index < -0.39 is 0 Å². The number of rotatable bonds is 2. The predicted molar refractivity (Wildman–Crippen MR) is 51.9 cm³/mol. The van der Waals surface area contributed by atoms with Crippen molar-refractivity contribution in [3.8, 4) is 11.3 Å². The number of nitrogens with two attached hydrogens (primary N) is 1. The van der Waals surface area contributed by atoms with Crippen molar-refractivity contribution < 1.29 is 0 Å². The second kappa shape index (κ2) is 3.41. The van der Waals surface area contributed by atoms with Gasteiger partial charge in [0.25, 0.3) is 0 Å². The highest BCUT2D eigenvalue weighted by molar-refractivity contribution is 5.58. The van der Waals surface area contributed by atoms with E-state index >= 15 is 0 Å². The molecule has 0 fully saturated rings. The van der Waals surface area contributed by atoms with Crippen LogP contribution in [0.4, 0.5) is 0 Å². The third-order valence-electron chi connectivity index (χ3n) is 2.00. The van der Waals surface area contributed by atoms with Crippen LogP contribution < -0.4 is 5.73 Å². The Morgan fingerprint density at radius 2 is 2.00 bits per heavy atom. The Morgan fingerprint density at radius 1 is 1.23 bits per heavy atom. The summed E-state index contributed by atoms with van der Waals surface area (Å²) in [5.74, 6) is 0. The zero-order valence-corrected chi connectivity index (χ0v) is 7.20. The standard InChI is InChI=1S/C10H11N3/c11-5-8-1-3-9(4-2-8)10-6-12-7-13-10/h1-4,6-7H,5,11H2,(H,12,13). The Bertz CT molecular complexity index is 362. The van der Waals surface area contributed by atoms with Crippen LogP contribution >= 0.6 is 0 Å². The van der Waals surface area contributed by atoms with Gasteiger partial charge in [-0.05, 0) is 11.1 Å². The van der Waals surface area contributed by atoms with Crippen LogP contribution in [0.15, 0.2) is 36.8 Å². The number of nitrogens with one attached hydrogen (secondary N) is 1. The molecule has 0 bridgehead atoms. The Hall–Kier alpha value is -1.61. The van der Waals surface area contributed by atoms with E-state index in [4.69, 9.17) is 5.73 Å². The molecule has 1 aromatic heterocycles. The van der Waals surface area contributed by atoms with Gasteiger partial charge in [-0.15, -0.1) is 0 Å². The molecular formula is C10H11N3. The molecular weight excluding hydrogens is 162 g/mol. The maximum Gasteiger partial charge on any atom is 0.0924 e. The SMILES string of the molecule is NCc1ccc(-c2cnc[nH]2)cc1. The molecule has 0 spiro atoms. The van der Waals surface area contributed by atoms with E-state index in [9.17, 15) is 0 Å². The molecule has 0 saturated heterocycles. The number of aromatic amines is 1. The lowest BCUT2D eigenvalue weighted by Gasteiger charge is -1.99. The summed E-state index contributed by atoms with van der Waals surface area (Å²) >= 11 is 0. The first kappa shape index (κ1) is 8.01. The first-order valence-corrected chi connectivity index (χ1v) is 4.18. The summed E-state index contributed by atoms with van der Waals surface area (Å²) in [5, 5.41) is 0. The number of benzene rings is 1. The van der Waals surface area contributed by atoms with Crippen molar-refractivity contribution in [2.24, 2.45) is 5.73 Å². The lowest BCUT2D eigenvalue weighted by atomic mass is 10.1. The van der Waals surface area contributed by atoms with Crippen LogP contribution in [0.5, 0.6) is 0 Å². The number of H-pyrrole nitrogens is 1. The zero-order valence-electron chi connectivity index (χ0n) is 7.20. The van der Waals surface area contributed by atoms with E-state index in [0.29, 0.717) is 6.54 Å².